The molecule has 2 unspecified atom stereocenters. The van der Waals surface area contributed by atoms with Crippen molar-refractivity contribution in [2.75, 3.05) is 30.8 Å². The van der Waals surface area contributed by atoms with Crippen LogP contribution in [0, 0.1) is 5.82 Å². The van der Waals surface area contributed by atoms with Crippen molar-refractivity contribution >= 4 is 38.6 Å². The predicted molar refractivity (Wildman–Crippen MR) is 145 cm³/mol. The molecule has 2 aromatic heterocycles. The highest BCUT2D eigenvalue weighted by Crippen LogP contribution is 2.42. The quantitative estimate of drug-likeness (QED) is 0.345. The Labute approximate surface area is 229 Å². The first-order valence-corrected chi connectivity index (χ1v) is 14.2. The Hall–Kier alpha value is -4.29. The second-order valence-electron chi connectivity index (χ2n) is 9.33. The second-order valence-corrected chi connectivity index (χ2v) is 11.2. The Balaban J connectivity index is 1.56. The van der Waals surface area contributed by atoms with Crippen LogP contribution in [-0.4, -0.2) is 57.8 Å². The molecule has 208 valence electrons. The van der Waals surface area contributed by atoms with Crippen LogP contribution in [0.15, 0.2) is 65.3 Å². The molecule has 2 atom stereocenters. The fraction of sp³-hybridized carbons (Fsp3) is 0.250. The van der Waals surface area contributed by atoms with E-state index in [9.17, 15) is 22.4 Å². The average molecular weight is 568 g/mol. The van der Waals surface area contributed by atoms with Crippen molar-refractivity contribution in [2.24, 2.45) is 0 Å². The molecule has 1 aliphatic rings. The third kappa shape index (κ3) is 5.27. The highest BCUT2D eigenvalue weighted by molar-refractivity contribution is 7.92. The smallest absolute Gasteiger partial charge is 0.339 e. The fourth-order valence-corrected chi connectivity index (χ4v) is 5.63. The summed E-state index contributed by atoms with van der Waals surface area (Å²) in [6, 6.07) is 11.9. The molecule has 0 saturated heterocycles. The van der Waals surface area contributed by atoms with Gasteiger partial charge in [0.2, 0.25) is 10.0 Å². The van der Waals surface area contributed by atoms with Crippen LogP contribution in [0.3, 0.4) is 0 Å². The lowest BCUT2D eigenvalue weighted by Crippen LogP contribution is -2.39. The van der Waals surface area contributed by atoms with Crippen molar-refractivity contribution in [3.05, 3.63) is 83.4 Å². The van der Waals surface area contributed by atoms with E-state index in [0.29, 0.717) is 22.2 Å². The van der Waals surface area contributed by atoms with E-state index in [4.69, 9.17) is 13.9 Å². The average Bonchev–Trinajstić information content (AvgIpc) is 3.24. The van der Waals surface area contributed by atoms with E-state index in [1.165, 1.54) is 48.0 Å². The van der Waals surface area contributed by atoms with Crippen LogP contribution in [0.25, 0.3) is 22.3 Å². The van der Waals surface area contributed by atoms with E-state index in [1.807, 2.05) is 0 Å². The molecule has 0 radical (unpaired) electrons. The van der Waals surface area contributed by atoms with Crippen molar-refractivity contribution in [3.8, 4) is 11.3 Å². The van der Waals surface area contributed by atoms with Crippen molar-refractivity contribution in [1.82, 2.24) is 10.3 Å². The van der Waals surface area contributed by atoms with Gasteiger partial charge < -0.3 is 19.2 Å². The number of halogens is 1. The Kier molecular flexibility index (Phi) is 7.30. The Morgan fingerprint density at radius 3 is 2.60 bits per heavy atom. The van der Waals surface area contributed by atoms with Crippen molar-refractivity contribution in [2.45, 2.75) is 19.1 Å². The summed E-state index contributed by atoms with van der Waals surface area (Å²) in [4.78, 5) is 29.3. The summed E-state index contributed by atoms with van der Waals surface area (Å²) in [5.74, 6) is -1.27. The van der Waals surface area contributed by atoms with Gasteiger partial charge in [-0.3, -0.25) is 14.1 Å². The van der Waals surface area contributed by atoms with Crippen LogP contribution in [0.2, 0.25) is 0 Å². The molecule has 0 saturated carbocycles. The maximum Gasteiger partial charge on any atom is 0.339 e. The number of furan rings is 1. The van der Waals surface area contributed by atoms with Gasteiger partial charge in [0.05, 0.1) is 35.7 Å². The van der Waals surface area contributed by atoms with Gasteiger partial charge in [0.25, 0.3) is 5.91 Å². The number of rotatable bonds is 6. The zero-order chi connectivity index (χ0) is 28.6. The lowest BCUT2D eigenvalue weighted by Gasteiger charge is -2.24. The molecule has 1 amide bonds. The summed E-state index contributed by atoms with van der Waals surface area (Å²) in [5, 5.41) is 3.04. The first kappa shape index (κ1) is 27.3. The zero-order valence-corrected chi connectivity index (χ0v) is 22.7. The van der Waals surface area contributed by atoms with Crippen LogP contribution in [0.1, 0.15) is 39.3 Å². The maximum atomic E-state index is 13.6. The number of hydrogen-bond acceptors (Lipinski definition) is 8. The number of pyridine rings is 1. The van der Waals surface area contributed by atoms with Gasteiger partial charge in [-0.1, -0.05) is 0 Å². The lowest BCUT2D eigenvalue weighted by molar-refractivity contribution is -0.0337. The van der Waals surface area contributed by atoms with Gasteiger partial charge in [-0.25, -0.2) is 17.6 Å². The van der Waals surface area contributed by atoms with Crippen LogP contribution >= 0.6 is 0 Å². The zero-order valence-electron chi connectivity index (χ0n) is 21.9. The molecular formula is C28H26FN3O7S. The first-order valence-electron chi connectivity index (χ1n) is 12.4. The number of hydrogen-bond donors (Lipinski definition) is 1. The molecule has 0 fully saturated rings. The first-order chi connectivity index (χ1) is 19.1. The molecule has 2 aromatic carbocycles. The minimum atomic E-state index is -3.82. The molecule has 0 aliphatic carbocycles. The SMILES string of the molecule is CNC(=O)c1c(-c2ccc(F)cc2)oc2cc3c(cc12)C(C)OC(COC(=O)c1cccnc1)CN3S(C)(=O)=O. The van der Waals surface area contributed by atoms with Crippen molar-refractivity contribution in [1.29, 1.82) is 0 Å². The minimum absolute atomic E-state index is 0.129. The minimum Gasteiger partial charge on any atom is -0.459 e. The van der Waals surface area contributed by atoms with Crippen LogP contribution in [0.5, 0.6) is 0 Å². The fourth-order valence-electron chi connectivity index (χ4n) is 4.68. The third-order valence-corrected chi connectivity index (χ3v) is 7.71. The normalized spacial score (nSPS) is 17.2. The standard InChI is InChI=1S/C28H26FN3O7S/c1-16-21-11-22-24(39-26(25(22)27(33)30-2)17-6-8-19(29)9-7-17)12-23(21)32(40(3,35)36)14-20(38-16)15-37-28(34)18-5-4-10-31-13-18/h4-13,16,20H,14-15H2,1-3H3,(H,30,33). The highest BCUT2D eigenvalue weighted by atomic mass is 32.2. The van der Waals surface area contributed by atoms with E-state index in [1.54, 1.807) is 31.2 Å². The molecular weight excluding hydrogens is 541 g/mol. The van der Waals surface area contributed by atoms with Gasteiger partial charge in [0.1, 0.15) is 29.9 Å². The van der Waals surface area contributed by atoms with Crippen molar-refractivity contribution in [3.63, 3.8) is 0 Å². The monoisotopic (exact) mass is 567 g/mol. The van der Waals surface area contributed by atoms with Gasteiger partial charge in [0, 0.05) is 42.0 Å². The van der Waals surface area contributed by atoms with Crippen LogP contribution < -0.4 is 9.62 Å². The molecule has 12 heteroatoms. The Morgan fingerprint density at radius 2 is 1.95 bits per heavy atom. The summed E-state index contributed by atoms with van der Waals surface area (Å²) >= 11 is 0. The number of amides is 1. The number of esters is 1. The number of aromatic nitrogens is 1. The van der Waals surface area contributed by atoms with Crippen LogP contribution in [0.4, 0.5) is 10.1 Å². The molecule has 3 heterocycles. The van der Waals surface area contributed by atoms with E-state index in [-0.39, 0.29) is 35.6 Å². The number of nitrogens with one attached hydrogen (secondary N) is 1. The van der Waals surface area contributed by atoms with E-state index in [2.05, 4.69) is 10.3 Å². The summed E-state index contributed by atoms with van der Waals surface area (Å²) in [6.45, 7) is 1.41. The van der Waals surface area contributed by atoms with Gasteiger partial charge >= 0.3 is 5.97 Å². The number of sulfonamides is 1. The van der Waals surface area contributed by atoms with E-state index in [0.717, 1.165) is 6.26 Å². The molecule has 1 N–H and O–H groups in total. The predicted octanol–water partition coefficient (Wildman–Crippen LogP) is 4.08. The lowest BCUT2D eigenvalue weighted by atomic mass is 10.0. The summed E-state index contributed by atoms with van der Waals surface area (Å²) in [7, 11) is -2.34. The molecule has 40 heavy (non-hydrogen) atoms. The number of ether oxygens (including phenoxy) is 2. The van der Waals surface area contributed by atoms with Crippen LogP contribution in [-0.2, 0) is 19.5 Å². The molecule has 0 bridgehead atoms. The molecule has 1 aliphatic heterocycles. The largest absolute Gasteiger partial charge is 0.459 e. The molecule has 0 spiro atoms. The van der Waals surface area contributed by atoms with Gasteiger partial charge in [0.15, 0.2) is 0 Å². The Morgan fingerprint density at radius 1 is 1.20 bits per heavy atom. The topological polar surface area (TPSA) is 128 Å². The number of fused-ring (bicyclic) bond motifs is 2. The summed E-state index contributed by atoms with van der Waals surface area (Å²) in [6.07, 6.45) is 2.53. The maximum absolute atomic E-state index is 13.6. The van der Waals surface area contributed by atoms with Crippen molar-refractivity contribution < 1.29 is 36.3 Å². The number of anilines is 1. The molecule has 4 aromatic rings. The molecule has 10 nitrogen and oxygen atoms in total. The van der Waals surface area contributed by atoms with Gasteiger partial charge in [-0.05, 0) is 49.4 Å². The highest BCUT2D eigenvalue weighted by Gasteiger charge is 2.34. The summed E-state index contributed by atoms with van der Waals surface area (Å²) in [5.41, 5.74) is 2.02. The van der Waals surface area contributed by atoms with Gasteiger partial charge in [-0.2, -0.15) is 0 Å². The number of benzene rings is 2. The second kappa shape index (κ2) is 10.7. The van der Waals surface area contributed by atoms with Gasteiger partial charge in [-0.15, -0.1) is 0 Å². The third-order valence-electron chi connectivity index (χ3n) is 6.57. The van der Waals surface area contributed by atoms with E-state index >= 15 is 0 Å². The number of carbonyl (C=O) groups is 2. The Bertz CT molecular complexity index is 1690. The summed E-state index contributed by atoms with van der Waals surface area (Å²) < 4.78 is 58.3. The van der Waals surface area contributed by atoms with E-state index < -0.39 is 39.9 Å². The molecule has 5 rings (SSSR count). The number of nitrogens with zero attached hydrogens (tertiary/aromatic N) is 2. The number of carbonyl (C=O) groups excluding carboxylic acids is 2.